The molecule has 5 nitrogen and oxygen atoms in total. The Morgan fingerprint density at radius 2 is 1.53 bits per heavy atom. The molecule has 1 unspecified atom stereocenters. The van der Waals surface area contributed by atoms with Crippen LogP contribution in [0.5, 0.6) is 0 Å². The molecule has 0 bridgehead atoms. The van der Waals surface area contributed by atoms with Crippen LogP contribution >= 0.6 is 0 Å². The van der Waals surface area contributed by atoms with Gasteiger partial charge >= 0.3 is 11.9 Å². The van der Waals surface area contributed by atoms with Crippen LogP contribution < -0.4 is 0 Å². The fourth-order valence-electron chi connectivity index (χ4n) is 1.56. The molecule has 0 aromatic rings. The molecule has 0 rings (SSSR count). The lowest BCUT2D eigenvalue weighted by Gasteiger charge is -2.41. The summed E-state index contributed by atoms with van der Waals surface area (Å²) in [5.41, 5.74) is -2.85. The summed E-state index contributed by atoms with van der Waals surface area (Å²) in [7, 11) is -1.06. The maximum atomic E-state index is 11.9. The number of hydrogen-bond donors (Lipinski definition) is 1. The highest BCUT2D eigenvalue weighted by atomic mass is 28.4. The largest absolute Gasteiger partial charge is 0.479 e. The van der Waals surface area contributed by atoms with Crippen LogP contribution in [0.15, 0.2) is 0 Å². The Bertz CT molecular complexity index is 313. The van der Waals surface area contributed by atoms with Gasteiger partial charge in [-0.3, -0.25) is 0 Å². The Labute approximate surface area is 103 Å². The fraction of sp³-hybridized carbons (Fsp3) is 0.818. The van der Waals surface area contributed by atoms with Gasteiger partial charge in [0, 0.05) is 5.41 Å². The first-order valence-corrected chi connectivity index (χ1v) is 8.81. The number of hydrogen-bond acceptors (Lipinski definition) is 4. The molecule has 17 heavy (non-hydrogen) atoms. The van der Waals surface area contributed by atoms with Gasteiger partial charge in [-0.25, -0.2) is 9.59 Å². The van der Waals surface area contributed by atoms with Gasteiger partial charge in [0.15, 0.2) is 8.32 Å². The van der Waals surface area contributed by atoms with Crippen molar-refractivity contribution < 1.29 is 23.9 Å². The number of carbonyl (C=O) groups excluding carboxylic acids is 1. The number of carboxylic acids is 1. The number of ether oxygens (including phenoxy) is 1. The van der Waals surface area contributed by atoms with E-state index >= 15 is 0 Å². The van der Waals surface area contributed by atoms with Gasteiger partial charge in [-0.05, 0) is 19.6 Å². The standard InChI is InChI=1S/C11H22O5Si/c1-10(2,3)11(8(12)13,9(14)15-4)16-17(5,6)7/h1-7H3,(H,12,13). The van der Waals surface area contributed by atoms with Crippen molar-refractivity contribution in [3.63, 3.8) is 0 Å². The number of methoxy groups -OCH3 is 1. The maximum absolute atomic E-state index is 11.9. The number of carboxylic acid groups (broad SMARTS) is 1. The van der Waals surface area contributed by atoms with Gasteiger partial charge < -0.3 is 14.3 Å². The lowest BCUT2D eigenvalue weighted by Crippen LogP contribution is -2.62. The van der Waals surface area contributed by atoms with E-state index in [9.17, 15) is 14.7 Å². The van der Waals surface area contributed by atoms with Crippen molar-refractivity contribution in [2.45, 2.75) is 46.0 Å². The highest BCUT2D eigenvalue weighted by Crippen LogP contribution is 2.37. The molecule has 0 aromatic heterocycles. The van der Waals surface area contributed by atoms with Crippen molar-refractivity contribution in [1.82, 2.24) is 0 Å². The van der Waals surface area contributed by atoms with Crippen LogP contribution in [0.1, 0.15) is 20.8 Å². The van der Waals surface area contributed by atoms with Crippen LogP contribution in [0.3, 0.4) is 0 Å². The van der Waals surface area contributed by atoms with Gasteiger partial charge in [-0.1, -0.05) is 20.8 Å². The number of rotatable bonds is 4. The maximum Gasteiger partial charge on any atom is 0.349 e. The second-order valence-corrected chi connectivity index (χ2v) is 10.4. The van der Waals surface area contributed by atoms with Crippen molar-refractivity contribution in [3.05, 3.63) is 0 Å². The molecular weight excluding hydrogens is 240 g/mol. The Kier molecular flexibility index (Phi) is 4.53. The topological polar surface area (TPSA) is 72.8 Å². The van der Waals surface area contributed by atoms with E-state index in [0.29, 0.717) is 0 Å². The summed E-state index contributed by atoms with van der Waals surface area (Å²) in [4.78, 5) is 23.4. The van der Waals surface area contributed by atoms with Gasteiger partial charge in [0.25, 0.3) is 5.60 Å². The predicted octanol–water partition coefficient (Wildman–Crippen LogP) is 1.88. The van der Waals surface area contributed by atoms with E-state index in [2.05, 4.69) is 4.74 Å². The van der Waals surface area contributed by atoms with Crippen molar-refractivity contribution in [2.24, 2.45) is 5.41 Å². The Hall–Kier alpha value is -0.883. The molecule has 0 amide bonds. The first-order chi connectivity index (χ1) is 7.38. The number of aliphatic carboxylic acids is 1. The Balaban J connectivity index is 5.77. The molecule has 0 saturated carbocycles. The summed E-state index contributed by atoms with van der Waals surface area (Å²) in [6.45, 7) is 10.5. The monoisotopic (exact) mass is 262 g/mol. The molecule has 0 aromatic carbocycles. The van der Waals surface area contributed by atoms with Crippen LogP contribution in [-0.2, 0) is 18.8 Å². The fourth-order valence-corrected chi connectivity index (χ4v) is 2.95. The number of carbonyl (C=O) groups is 2. The van der Waals surface area contributed by atoms with Crippen LogP contribution in [0.2, 0.25) is 19.6 Å². The van der Waals surface area contributed by atoms with E-state index in [1.54, 1.807) is 20.8 Å². The summed E-state index contributed by atoms with van der Waals surface area (Å²) in [5, 5.41) is 9.42. The average Bonchev–Trinajstić information content (AvgIpc) is 2.08. The van der Waals surface area contributed by atoms with Crippen molar-refractivity contribution in [1.29, 1.82) is 0 Å². The third-order valence-corrected chi connectivity index (χ3v) is 3.21. The van der Waals surface area contributed by atoms with Crippen LogP contribution in [0, 0.1) is 5.41 Å². The van der Waals surface area contributed by atoms with Gasteiger partial charge in [-0.15, -0.1) is 0 Å². The van der Waals surface area contributed by atoms with Crippen molar-refractivity contribution in [2.75, 3.05) is 7.11 Å². The van der Waals surface area contributed by atoms with Crippen molar-refractivity contribution >= 4 is 20.3 Å². The molecule has 0 saturated heterocycles. The quantitative estimate of drug-likeness (QED) is 0.476. The molecule has 0 heterocycles. The van der Waals surface area contributed by atoms with E-state index in [1.807, 2.05) is 19.6 Å². The molecule has 6 heteroatoms. The van der Waals surface area contributed by atoms with Crippen molar-refractivity contribution in [3.8, 4) is 0 Å². The second kappa shape index (κ2) is 4.78. The molecule has 100 valence electrons. The summed E-state index contributed by atoms with van der Waals surface area (Å²) < 4.78 is 10.3. The van der Waals surface area contributed by atoms with E-state index in [1.165, 1.54) is 7.11 Å². The van der Waals surface area contributed by atoms with Gasteiger partial charge in [0.1, 0.15) is 0 Å². The lowest BCUT2D eigenvalue weighted by atomic mass is 9.76. The first-order valence-electron chi connectivity index (χ1n) is 5.40. The van der Waals surface area contributed by atoms with Crippen LogP contribution in [0.25, 0.3) is 0 Å². The minimum Gasteiger partial charge on any atom is -0.479 e. The minimum absolute atomic E-state index is 0.861. The number of esters is 1. The molecule has 1 N–H and O–H groups in total. The molecule has 0 fully saturated rings. The SMILES string of the molecule is COC(=O)C(O[Si](C)(C)C)(C(=O)O)C(C)(C)C. The van der Waals surface area contributed by atoms with E-state index in [0.717, 1.165) is 0 Å². The zero-order valence-electron chi connectivity index (χ0n) is 11.6. The molecule has 0 radical (unpaired) electrons. The Morgan fingerprint density at radius 1 is 1.12 bits per heavy atom. The van der Waals surface area contributed by atoms with Crippen LogP contribution in [0.4, 0.5) is 0 Å². The van der Waals surface area contributed by atoms with E-state index in [-0.39, 0.29) is 0 Å². The highest BCUT2D eigenvalue weighted by molar-refractivity contribution is 6.70. The van der Waals surface area contributed by atoms with E-state index < -0.39 is 31.3 Å². The smallest absolute Gasteiger partial charge is 0.349 e. The third kappa shape index (κ3) is 3.29. The van der Waals surface area contributed by atoms with Gasteiger partial charge in [0.2, 0.25) is 0 Å². The highest BCUT2D eigenvalue weighted by Gasteiger charge is 2.59. The zero-order valence-corrected chi connectivity index (χ0v) is 12.6. The molecule has 0 spiro atoms. The molecule has 1 atom stereocenters. The third-order valence-electron chi connectivity index (χ3n) is 2.29. The summed E-state index contributed by atoms with van der Waals surface area (Å²) in [5.74, 6) is -2.17. The summed E-state index contributed by atoms with van der Waals surface area (Å²) >= 11 is 0. The molecular formula is C11H22O5Si. The normalized spacial score (nSPS) is 16.2. The van der Waals surface area contributed by atoms with Gasteiger partial charge in [-0.2, -0.15) is 0 Å². The zero-order chi connectivity index (χ0) is 14.1. The van der Waals surface area contributed by atoms with Crippen LogP contribution in [-0.4, -0.2) is 38.1 Å². The predicted molar refractivity (Wildman–Crippen MR) is 66.3 cm³/mol. The summed E-state index contributed by atoms with van der Waals surface area (Å²) in [6.07, 6.45) is 0. The lowest BCUT2D eigenvalue weighted by molar-refractivity contribution is -0.187. The Morgan fingerprint density at radius 3 is 1.71 bits per heavy atom. The molecule has 0 aliphatic rings. The molecule has 0 aliphatic heterocycles. The van der Waals surface area contributed by atoms with Gasteiger partial charge in [0.05, 0.1) is 7.11 Å². The summed E-state index contributed by atoms with van der Waals surface area (Å²) in [6, 6.07) is 0. The van der Waals surface area contributed by atoms with E-state index in [4.69, 9.17) is 4.43 Å². The average molecular weight is 262 g/mol. The minimum atomic E-state index is -2.23. The first kappa shape index (κ1) is 16.1. The second-order valence-electron chi connectivity index (χ2n) is 5.94. The molecule has 0 aliphatic carbocycles.